The van der Waals surface area contributed by atoms with Gasteiger partial charge in [-0.1, -0.05) is 19.1 Å². The highest BCUT2D eigenvalue weighted by Crippen LogP contribution is 2.27. The van der Waals surface area contributed by atoms with Crippen LogP contribution in [0.25, 0.3) is 10.9 Å². The molecule has 2 aromatic heterocycles. The Labute approximate surface area is 193 Å². The highest BCUT2D eigenvalue weighted by molar-refractivity contribution is 5.98. The molecule has 1 saturated heterocycles. The smallest absolute Gasteiger partial charge is 0.481 e. The Morgan fingerprint density at radius 1 is 1.24 bits per heavy atom. The second-order valence-electron chi connectivity index (χ2n) is 8.14. The van der Waals surface area contributed by atoms with Crippen LogP contribution < -0.4 is 14.8 Å². The molecule has 8 nitrogen and oxygen atoms in total. The summed E-state index contributed by atoms with van der Waals surface area (Å²) >= 11 is 0. The van der Waals surface area contributed by atoms with Crippen LogP contribution in [0, 0.1) is 5.92 Å². The molecule has 2 amide bonds. The number of alkyl halides is 3. The molecule has 34 heavy (non-hydrogen) atoms. The summed E-state index contributed by atoms with van der Waals surface area (Å²) in [4.78, 5) is 34.6. The van der Waals surface area contributed by atoms with Gasteiger partial charge in [0.05, 0.1) is 24.4 Å². The van der Waals surface area contributed by atoms with E-state index in [0.29, 0.717) is 36.6 Å². The van der Waals surface area contributed by atoms with Crippen LogP contribution in [0.15, 0.2) is 42.6 Å². The van der Waals surface area contributed by atoms with Crippen molar-refractivity contribution in [3.8, 4) is 11.6 Å². The Balaban J connectivity index is 1.41. The predicted octanol–water partition coefficient (Wildman–Crippen LogP) is 3.75. The Morgan fingerprint density at radius 3 is 2.71 bits per heavy atom. The van der Waals surface area contributed by atoms with E-state index in [0.717, 1.165) is 11.5 Å². The summed E-state index contributed by atoms with van der Waals surface area (Å²) in [5, 5.41) is 3.59. The number of ether oxygens (including phenoxy) is 2. The number of benzene rings is 1. The van der Waals surface area contributed by atoms with Crippen LogP contribution in [0.2, 0.25) is 0 Å². The molecular formula is C23H23F3N4O4. The molecule has 1 aliphatic rings. The first-order valence-corrected chi connectivity index (χ1v) is 10.6. The van der Waals surface area contributed by atoms with Gasteiger partial charge in [0.15, 0.2) is 0 Å². The predicted molar refractivity (Wildman–Crippen MR) is 117 cm³/mol. The normalized spacial score (nSPS) is 18.6. The van der Waals surface area contributed by atoms with Gasteiger partial charge in [-0.15, -0.1) is 13.2 Å². The number of piperidine rings is 1. The largest absolute Gasteiger partial charge is 0.573 e. The number of amides is 2. The number of methoxy groups -OCH3 is 1. The minimum atomic E-state index is -4.90. The van der Waals surface area contributed by atoms with Crippen molar-refractivity contribution in [2.45, 2.75) is 25.7 Å². The lowest BCUT2D eigenvalue weighted by Crippen LogP contribution is -2.51. The van der Waals surface area contributed by atoms with E-state index in [1.807, 2.05) is 6.92 Å². The molecule has 0 radical (unpaired) electrons. The van der Waals surface area contributed by atoms with Gasteiger partial charge in [-0.3, -0.25) is 9.59 Å². The molecule has 0 unspecified atom stereocenters. The molecule has 2 N–H and O–H groups in total. The third-order valence-corrected chi connectivity index (χ3v) is 5.79. The van der Waals surface area contributed by atoms with Gasteiger partial charge >= 0.3 is 6.36 Å². The maximum Gasteiger partial charge on any atom is 0.573 e. The molecule has 1 aliphatic heterocycles. The van der Waals surface area contributed by atoms with E-state index < -0.39 is 18.0 Å². The van der Waals surface area contributed by atoms with Crippen LogP contribution >= 0.6 is 0 Å². The fraction of sp³-hybridized carbons (Fsp3) is 0.348. The molecule has 180 valence electrons. The molecule has 0 spiro atoms. The fourth-order valence-corrected chi connectivity index (χ4v) is 4.07. The highest BCUT2D eigenvalue weighted by Gasteiger charge is 2.34. The van der Waals surface area contributed by atoms with E-state index in [4.69, 9.17) is 4.74 Å². The van der Waals surface area contributed by atoms with Gasteiger partial charge in [0.1, 0.15) is 11.4 Å². The van der Waals surface area contributed by atoms with Crippen LogP contribution in [0.4, 0.5) is 13.2 Å². The molecule has 1 aromatic carbocycles. The van der Waals surface area contributed by atoms with Gasteiger partial charge in [0.2, 0.25) is 5.88 Å². The van der Waals surface area contributed by atoms with Gasteiger partial charge in [-0.25, -0.2) is 4.98 Å². The van der Waals surface area contributed by atoms with Crippen molar-refractivity contribution >= 4 is 22.7 Å². The van der Waals surface area contributed by atoms with Gasteiger partial charge < -0.3 is 24.7 Å². The molecular weight excluding hydrogens is 453 g/mol. The molecule has 4 rings (SSSR count). The zero-order chi connectivity index (χ0) is 24.5. The summed E-state index contributed by atoms with van der Waals surface area (Å²) in [6.45, 7) is 2.63. The third-order valence-electron chi connectivity index (χ3n) is 5.79. The Bertz CT molecular complexity index is 1210. The Morgan fingerprint density at radius 2 is 2.00 bits per heavy atom. The number of H-pyrrole nitrogens is 1. The maximum absolute atomic E-state index is 13.0. The number of aromatic amines is 1. The number of para-hydroxylation sites is 1. The average molecular weight is 476 g/mol. The zero-order valence-electron chi connectivity index (χ0n) is 18.5. The number of nitrogens with one attached hydrogen (secondary N) is 2. The molecule has 11 heteroatoms. The van der Waals surface area contributed by atoms with Gasteiger partial charge in [-0.2, -0.15) is 0 Å². The van der Waals surface area contributed by atoms with Crippen molar-refractivity contribution in [3.05, 3.63) is 53.9 Å². The van der Waals surface area contributed by atoms with E-state index in [-0.39, 0.29) is 23.4 Å². The fourth-order valence-electron chi connectivity index (χ4n) is 4.07. The molecule has 0 aliphatic carbocycles. The summed E-state index contributed by atoms with van der Waals surface area (Å²) in [5.74, 6) is -1.08. The number of aromatic nitrogens is 2. The summed E-state index contributed by atoms with van der Waals surface area (Å²) in [6, 6.07) is 8.35. The van der Waals surface area contributed by atoms with Crippen molar-refractivity contribution in [3.63, 3.8) is 0 Å². The van der Waals surface area contributed by atoms with E-state index in [1.165, 1.54) is 25.3 Å². The van der Waals surface area contributed by atoms with Crippen molar-refractivity contribution in [1.29, 1.82) is 0 Å². The number of likely N-dealkylation sites (tertiary alicyclic amines) is 1. The zero-order valence-corrected chi connectivity index (χ0v) is 18.5. The molecule has 1 fully saturated rings. The van der Waals surface area contributed by atoms with E-state index in [2.05, 4.69) is 20.0 Å². The number of hydrogen-bond donors (Lipinski definition) is 2. The summed E-state index contributed by atoms with van der Waals surface area (Å²) in [6.07, 6.45) is -2.86. The number of carbonyl (C=O) groups excluding carboxylic acids is 2. The lowest BCUT2D eigenvalue weighted by molar-refractivity contribution is -0.274. The van der Waals surface area contributed by atoms with E-state index in [9.17, 15) is 22.8 Å². The first-order valence-electron chi connectivity index (χ1n) is 10.6. The van der Waals surface area contributed by atoms with Crippen LogP contribution in [0.3, 0.4) is 0 Å². The number of fused-ring (bicyclic) bond motifs is 1. The lowest BCUT2D eigenvalue weighted by Gasteiger charge is -2.37. The number of carbonyl (C=O) groups is 2. The van der Waals surface area contributed by atoms with Crippen molar-refractivity contribution in [1.82, 2.24) is 20.2 Å². The maximum atomic E-state index is 13.0. The molecule has 3 aromatic rings. The molecule has 3 heterocycles. The Kier molecular flexibility index (Phi) is 6.36. The lowest BCUT2D eigenvalue weighted by atomic mass is 9.93. The molecule has 0 bridgehead atoms. The van der Waals surface area contributed by atoms with Crippen molar-refractivity contribution in [2.75, 3.05) is 20.2 Å². The van der Waals surface area contributed by atoms with Gasteiger partial charge in [0, 0.05) is 30.6 Å². The third kappa shape index (κ3) is 5.08. The summed E-state index contributed by atoms with van der Waals surface area (Å²) < 4.78 is 47.1. The Hall–Kier alpha value is -3.76. The minimum Gasteiger partial charge on any atom is -0.481 e. The van der Waals surface area contributed by atoms with E-state index >= 15 is 0 Å². The molecule has 2 atom stereocenters. The second kappa shape index (κ2) is 9.24. The van der Waals surface area contributed by atoms with Crippen molar-refractivity contribution in [2.24, 2.45) is 5.92 Å². The summed E-state index contributed by atoms with van der Waals surface area (Å²) in [5.41, 5.74) is 0.921. The van der Waals surface area contributed by atoms with Crippen LogP contribution in [-0.4, -0.2) is 59.3 Å². The monoisotopic (exact) mass is 476 g/mol. The number of rotatable bonds is 5. The van der Waals surface area contributed by atoms with Gasteiger partial charge in [-0.05, 0) is 30.5 Å². The summed E-state index contributed by atoms with van der Waals surface area (Å²) in [7, 11) is 1.51. The number of halogens is 3. The van der Waals surface area contributed by atoms with E-state index in [1.54, 1.807) is 23.2 Å². The number of hydrogen-bond acceptors (Lipinski definition) is 5. The second-order valence-corrected chi connectivity index (χ2v) is 8.14. The quantitative estimate of drug-likeness (QED) is 0.585. The molecule has 0 saturated carbocycles. The number of nitrogens with zero attached hydrogens (tertiary/aromatic N) is 2. The van der Waals surface area contributed by atoms with Crippen molar-refractivity contribution < 1.29 is 32.2 Å². The first-order chi connectivity index (χ1) is 16.1. The first kappa shape index (κ1) is 23.4. The SMILES string of the molecule is COc1cc2cc(C(=O)N3CC[C@@H](NC(=O)c4ccccc4OC(F)(F)F)[C@@H](C)C3)[nH]c2cn1. The topological polar surface area (TPSA) is 96.5 Å². The minimum absolute atomic E-state index is 0.122. The number of pyridine rings is 1. The van der Waals surface area contributed by atoms with Crippen LogP contribution in [0.1, 0.15) is 34.2 Å². The standard InChI is InChI=1S/C23H23F3N4O4/c1-13-12-30(22(32)17-9-14-10-20(33-2)27-11-18(14)28-17)8-7-16(13)29-21(31)15-5-3-4-6-19(15)34-23(24,25)26/h3-6,9-11,13,16,28H,7-8,12H2,1-2H3,(H,29,31)/t13-,16+/m0/s1. The highest BCUT2D eigenvalue weighted by atomic mass is 19.4. The van der Waals surface area contributed by atoms with Crippen LogP contribution in [-0.2, 0) is 0 Å². The van der Waals surface area contributed by atoms with Gasteiger partial charge in [0.25, 0.3) is 11.8 Å². The van der Waals surface area contributed by atoms with Crippen LogP contribution in [0.5, 0.6) is 11.6 Å². The average Bonchev–Trinajstić information content (AvgIpc) is 3.22.